The number of carbonyl (C=O) groups excluding carboxylic acids is 1. The summed E-state index contributed by atoms with van der Waals surface area (Å²) in [7, 11) is 0. The Balaban J connectivity index is 1.83. The van der Waals surface area contributed by atoms with Gasteiger partial charge >= 0.3 is 0 Å². The maximum atomic E-state index is 12.4. The maximum Gasteiger partial charge on any atom is 0.254 e. The van der Waals surface area contributed by atoms with Crippen LogP contribution < -0.4 is 5.32 Å². The molecule has 0 bridgehead atoms. The number of carbonyl (C=O) groups is 1. The minimum atomic E-state index is 0.136. The SMILES string of the molecule is CC1NCCc2cc(C(=O)N3CCOCC3)ccc21. The standard InChI is InChI=1S/C15H20N2O2/c1-11-14-3-2-13(10-12(14)4-5-16-11)15(18)17-6-8-19-9-7-17/h2-3,10-11,16H,4-9H2,1H3. The summed E-state index contributed by atoms with van der Waals surface area (Å²) < 4.78 is 5.29. The van der Waals surface area contributed by atoms with Gasteiger partial charge in [0, 0.05) is 24.7 Å². The first kappa shape index (κ1) is 12.6. The van der Waals surface area contributed by atoms with Crippen LogP contribution in [0, 0.1) is 0 Å². The van der Waals surface area contributed by atoms with Crippen LogP contribution in [0.15, 0.2) is 18.2 Å². The lowest BCUT2D eigenvalue weighted by Gasteiger charge is -2.28. The lowest BCUT2D eigenvalue weighted by atomic mass is 9.93. The minimum Gasteiger partial charge on any atom is -0.378 e. The highest BCUT2D eigenvalue weighted by molar-refractivity contribution is 5.94. The molecule has 102 valence electrons. The Bertz CT molecular complexity index is 481. The van der Waals surface area contributed by atoms with Crippen LogP contribution >= 0.6 is 0 Å². The first-order chi connectivity index (χ1) is 9.25. The molecule has 1 unspecified atom stereocenters. The highest BCUT2D eigenvalue weighted by atomic mass is 16.5. The Hall–Kier alpha value is -1.39. The van der Waals surface area contributed by atoms with E-state index in [2.05, 4.69) is 24.4 Å². The van der Waals surface area contributed by atoms with E-state index in [1.54, 1.807) is 0 Å². The van der Waals surface area contributed by atoms with Crippen molar-refractivity contribution in [3.8, 4) is 0 Å². The first-order valence-electron chi connectivity index (χ1n) is 6.99. The van der Waals surface area contributed by atoms with Crippen LogP contribution in [0.4, 0.5) is 0 Å². The molecule has 4 heteroatoms. The molecule has 0 aliphatic carbocycles. The van der Waals surface area contributed by atoms with Crippen molar-refractivity contribution in [2.45, 2.75) is 19.4 Å². The highest BCUT2D eigenvalue weighted by Gasteiger charge is 2.21. The van der Waals surface area contributed by atoms with Gasteiger partial charge in [0.1, 0.15) is 0 Å². The van der Waals surface area contributed by atoms with Crippen LogP contribution in [0.1, 0.15) is 34.5 Å². The molecular formula is C15H20N2O2. The molecule has 0 radical (unpaired) electrons. The van der Waals surface area contributed by atoms with Crippen LogP contribution in [0.25, 0.3) is 0 Å². The monoisotopic (exact) mass is 260 g/mol. The number of morpholine rings is 1. The molecule has 1 aromatic carbocycles. The van der Waals surface area contributed by atoms with Gasteiger partial charge in [0.25, 0.3) is 5.91 Å². The van der Waals surface area contributed by atoms with Crippen molar-refractivity contribution >= 4 is 5.91 Å². The Labute approximate surface area is 113 Å². The molecule has 2 aliphatic heterocycles. The summed E-state index contributed by atoms with van der Waals surface area (Å²) >= 11 is 0. The molecule has 1 saturated heterocycles. The third-order valence-corrected chi connectivity index (χ3v) is 4.00. The Morgan fingerprint density at radius 1 is 1.37 bits per heavy atom. The molecule has 2 heterocycles. The van der Waals surface area contributed by atoms with Crippen molar-refractivity contribution in [2.75, 3.05) is 32.8 Å². The van der Waals surface area contributed by atoms with Crippen LogP contribution in [0.3, 0.4) is 0 Å². The zero-order chi connectivity index (χ0) is 13.2. The number of fused-ring (bicyclic) bond motifs is 1. The fourth-order valence-corrected chi connectivity index (χ4v) is 2.86. The zero-order valence-corrected chi connectivity index (χ0v) is 11.3. The predicted octanol–water partition coefficient (Wildman–Crippen LogP) is 1.37. The van der Waals surface area contributed by atoms with Gasteiger partial charge in [-0.05, 0) is 43.1 Å². The van der Waals surface area contributed by atoms with Gasteiger partial charge in [0.15, 0.2) is 0 Å². The van der Waals surface area contributed by atoms with Gasteiger partial charge in [-0.3, -0.25) is 4.79 Å². The lowest BCUT2D eigenvalue weighted by molar-refractivity contribution is 0.0303. The van der Waals surface area contributed by atoms with Gasteiger partial charge in [0.05, 0.1) is 13.2 Å². The van der Waals surface area contributed by atoms with E-state index in [1.165, 1.54) is 11.1 Å². The first-order valence-corrected chi connectivity index (χ1v) is 6.99. The predicted molar refractivity (Wildman–Crippen MR) is 73.3 cm³/mol. The van der Waals surface area contributed by atoms with E-state index in [0.29, 0.717) is 32.3 Å². The second kappa shape index (κ2) is 5.31. The number of hydrogen-bond donors (Lipinski definition) is 1. The molecule has 1 aromatic rings. The van der Waals surface area contributed by atoms with Crippen LogP contribution in [0.2, 0.25) is 0 Å². The summed E-state index contributed by atoms with van der Waals surface area (Å²) in [6, 6.07) is 6.51. The summed E-state index contributed by atoms with van der Waals surface area (Å²) in [5, 5.41) is 3.44. The van der Waals surface area contributed by atoms with Crippen molar-refractivity contribution in [3.63, 3.8) is 0 Å². The Kier molecular flexibility index (Phi) is 3.53. The van der Waals surface area contributed by atoms with Crippen LogP contribution in [-0.4, -0.2) is 43.7 Å². The van der Waals surface area contributed by atoms with Crippen LogP contribution in [0.5, 0.6) is 0 Å². The molecule has 1 fully saturated rings. The van der Waals surface area contributed by atoms with Crippen molar-refractivity contribution in [2.24, 2.45) is 0 Å². The van der Waals surface area contributed by atoms with Crippen molar-refractivity contribution in [1.29, 1.82) is 0 Å². The van der Waals surface area contributed by atoms with Crippen molar-refractivity contribution in [1.82, 2.24) is 10.2 Å². The molecule has 1 amide bonds. The van der Waals surface area contributed by atoms with Crippen molar-refractivity contribution < 1.29 is 9.53 Å². The number of hydrogen-bond acceptors (Lipinski definition) is 3. The summed E-state index contributed by atoms with van der Waals surface area (Å²) in [5.74, 6) is 0.136. The normalized spacial score (nSPS) is 23.0. The smallest absolute Gasteiger partial charge is 0.254 e. The summed E-state index contributed by atoms with van der Waals surface area (Å²) in [6.45, 7) is 5.86. The van der Waals surface area contributed by atoms with Gasteiger partial charge in [-0.2, -0.15) is 0 Å². The third kappa shape index (κ3) is 2.51. The van der Waals surface area contributed by atoms with E-state index in [4.69, 9.17) is 4.74 Å². The number of benzene rings is 1. The summed E-state index contributed by atoms with van der Waals surface area (Å²) in [4.78, 5) is 14.3. The molecule has 4 nitrogen and oxygen atoms in total. The number of ether oxygens (including phenoxy) is 1. The largest absolute Gasteiger partial charge is 0.378 e. The van der Waals surface area contributed by atoms with E-state index >= 15 is 0 Å². The van der Waals surface area contributed by atoms with E-state index in [9.17, 15) is 4.79 Å². The molecule has 1 atom stereocenters. The van der Waals surface area contributed by atoms with E-state index < -0.39 is 0 Å². The molecular weight excluding hydrogens is 240 g/mol. The fraction of sp³-hybridized carbons (Fsp3) is 0.533. The number of nitrogens with one attached hydrogen (secondary N) is 1. The van der Waals surface area contributed by atoms with E-state index in [1.807, 2.05) is 11.0 Å². The zero-order valence-electron chi connectivity index (χ0n) is 11.3. The molecule has 0 spiro atoms. The number of amides is 1. The molecule has 0 aromatic heterocycles. The molecule has 1 N–H and O–H groups in total. The second-order valence-electron chi connectivity index (χ2n) is 5.24. The van der Waals surface area contributed by atoms with Crippen molar-refractivity contribution in [3.05, 3.63) is 34.9 Å². The molecule has 3 rings (SSSR count). The maximum absolute atomic E-state index is 12.4. The Morgan fingerprint density at radius 3 is 2.95 bits per heavy atom. The molecule has 0 saturated carbocycles. The Morgan fingerprint density at radius 2 is 2.16 bits per heavy atom. The summed E-state index contributed by atoms with van der Waals surface area (Å²) in [5.41, 5.74) is 3.45. The quantitative estimate of drug-likeness (QED) is 0.829. The fourth-order valence-electron chi connectivity index (χ4n) is 2.86. The van der Waals surface area contributed by atoms with E-state index in [0.717, 1.165) is 18.5 Å². The van der Waals surface area contributed by atoms with Gasteiger partial charge in [-0.25, -0.2) is 0 Å². The lowest BCUT2D eigenvalue weighted by Crippen LogP contribution is -2.40. The number of rotatable bonds is 1. The summed E-state index contributed by atoms with van der Waals surface area (Å²) in [6.07, 6.45) is 1.00. The third-order valence-electron chi connectivity index (χ3n) is 4.00. The second-order valence-corrected chi connectivity index (χ2v) is 5.24. The molecule has 2 aliphatic rings. The molecule has 19 heavy (non-hydrogen) atoms. The van der Waals surface area contributed by atoms with Gasteiger partial charge in [-0.15, -0.1) is 0 Å². The van der Waals surface area contributed by atoms with Gasteiger partial charge in [-0.1, -0.05) is 6.07 Å². The topological polar surface area (TPSA) is 41.6 Å². The number of nitrogens with zero attached hydrogens (tertiary/aromatic N) is 1. The average molecular weight is 260 g/mol. The highest BCUT2D eigenvalue weighted by Crippen LogP contribution is 2.24. The van der Waals surface area contributed by atoms with E-state index in [-0.39, 0.29) is 5.91 Å². The average Bonchev–Trinajstić information content (AvgIpc) is 2.47. The minimum absolute atomic E-state index is 0.136. The van der Waals surface area contributed by atoms with Gasteiger partial charge in [0.2, 0.25) is 0 Å². The van der Waals surface area contributed by atoms with Crippen LogP contribution in [-0.2, 0) is 11.2 Å². The van der Waals surface area contributed by atoms with Gasteiger partial charge < -0.3 is 15.0 Å².